The number of hydrogen-bond donors (Lipinski definition) is 2. The van der Waals surface area contributed by atoms with Gasteiger partial charge in [-0.3, -0.25) is 9.59 Å². The number of carbonyl (C=O) groups is 2. The summed E-state index contributed by atoms with van der Waals surface area (Å²) in [5, 5.41) is 6.21. The van der Waals surface area contributed by atoms with E-state index in [0.29, 0.717) is 29.7 Å². The molecule has 6 nitrogen and oxygen atoms in total. The third-order valence-corrected chi connectivity index (χ3v) is 8.66. The quantitative estimate of drug-likeness (QED) is 0.152. The molecular formula is C36H44F3N3O3. The maximum atomic E-state index is 13.3. The second-order valence-electron chi connectivity index (χ2n) is 12.1. The summed E-state index contributed by atoms with van der Waals surface area (Å²) in [5.41, 5.74) is 1.70. The van der Waals surface area contributed by atoms with Gasteiger partial charge in [0, 0.05) is 30.1 Å². The summed E-state index contributed by atoms with van der Waals surface area (Å²) in [6.07, 6.45) is 0.0960. The van der Waals surface area contributed by atoms with Crippen molar-refractivity contribution >= 4 is 11.9 Å². The van der Waals surface area contributed by atoms with Gasteiger partial charge in [-0.15, -0.1) is 0 Å². The molecule has 1 aliphatic rings. The van der Waals surface area contributed by atoms with E-state index in [0.717, 1.165) is 76.0 Å². The van der Waals surface area contributed by atoms with E-state index in [-0.39, 0.29) is 23.3 Å². The van der Waals surface area contributed by atoms with Gasteiger partial charge in [0.15, 0.2) is 0 Å². The molecule has 242 valence electrons. The van der Waals surface area contributed by atoms with Crippen molar-refractivity contribution in [2.24, 2.45) is 0 Å². The SMILES string of the molecule is CNCCCOC(=O)CC(C)(CCCN1CCC(NC(=O)c2ccccc2-c2ccc(C(F)(F)F)cc2)CC1)c1ccccc1. The lowest BCUT2D eigenvalue weighted by Crippen LogP contribution is -2.45. The van der Waals surface area contributed by atoms with Gasteiger partial charge in [0.05, 0.1) is 18.6 Å². The van der Waals surface area contributed by atoms with Gasteiger partial charge in [0.25, 0.3) is 5.91 Å². The third kappa shape index (κ3) is 9.90. The number of piperidine rings is 1. The molecule has 1 aliphatic heterocycles. The number of nitrogens with zero attached hydrogens (tertiary/aromatic N) is 1. The highest BCUT2D eigenvalue weighted by atomic mass is 19.4. The number of hydrogen-bond acceptors (Lipinski definition) is 5. The van der Waals surface area contributed by atoms with E-state index in [2.05, 4.69) is 34.6 Å². The van der Waals surface area contributed by atoms with Gasteiger partial charge >= 0.3 is 12.1 Å². The Kier molecular flexibility index (Phi) is 12.2. The van der Waals surface area contributed by atoms with Crippen LogP contribution in [0.1, 0.15) is 66.9 Å². The molecule has 1 fully saturated rings. The number of likely N-dealkylation sites (tertiary alicyclic amines) is 1. The fraction of sp³-hybridized carbons (Fsp3) is 0.444. The number of nitrogens with one attached hydrogen (secondary N) is 2. The zero-order chi connectivity index (χ0) is 32.3. The van der Waals surface area contributed by atoms with Gasteiger partial charge in [0.2, 0.25) is 0 Å². The fourth-order valence-corrected chi connectivity index (χ4v) is 6.01. The van der Waals surface area contributed by atoms with Crippen molar-refractivity contribution in [3.05, 3.63) is 95.6 Å². The first-order valence-electron chi connectivity index (χ1n) is 15.7. The van der Waals surface area contributed by atoms with Crippen LogP contribution in [0.25, 0.3) is 11.1 Å². The van der Waals surface area contributed by atoms with Crippen LogP contribution in [0.5, 0.6) is 0 Å². The highest BCUT2D eigenvalue weighted by molar-refractivity contribution is 6.01. The second-order valence-corrected chi connectivity index (χ2v) is 12.1. The van der Waals surface area contributed by atoms with E-state index in [1.54, 1.807) is 24.3 Å². The molecule has 45 heavy (non-hydrogen) atoms. The molecule has 4 rings (SSSR count). The van der Waals surface area contributed by atoms with Crippen LogP contribution in [0.4, 0.5) is 13.2 Å². The number of benzene rings is 3. The molecule has 2 N–H and O–H groups in total. The molecule has 0 spiro atoms. The van der Waals surface area contributed by atoms with Gasteiger partial charge in [-0.2, -0.15) is 13.2 Å². The predicted octanol–water partition coefficient (Wildman–Crippen LogP) is 6.85. The lowest BCUT2D eigenvalue weighted by Gasteiger charge is -2.34. The molecule has 3 aromatic carbocycles. The molecule has 1 amide bonds. The Hall–Kier alpha value is -3.69. The Morgan fingerprint density at radius 2 is 1.56 bits per heavy atom. The fourth-order valence-electron chi connectivity index (χ4n) is 6.01. The largest absolute Gasteiger partial charge is 0.466 e. The Labute approximate surface area is 264 Å². The van der Waals surface area contributed by atoms with Crippen LogP contribution >= 0.6 is 0 Å². The monoisotopic (exact) mass is 623 g/mol. The molecule has 0 saturated carbocycles. The molecule has 1 atom stereocenters. The van der Waals surface area contributed by atoms with E-state index in [1.165, 1.54) is 12.1 Å². The highest BCUT2D eigenvalue weighted by Gasteiger charge is 2.32. The van der Waals surface area contributed by atoms with Crippen molar-refractivity contribution in [2.45, 2.75) is 63.1 Å². The van der Waals surface area contributed by atoms with Gasteiger partial charge in [-0.25, -0.2) is 0 Å². The molecule has 0 aromatic heterocycles. The zero-order valence-corrected chi connectivity index (χ0v) is 26.2. The molecule has 0 aliphatic carbocycles. The number of rotatable bonds is 14. The number of amides is 1. The smallest absolute Gasteiger partial charge is 0.416 e. The van der Waals surface area contributed by atoms with Crippen LogP contribution in [0.3, 0.4) is 0 Å². The molecule has 0 radical (unpaired) electrons. The van der Waals surface area contributed by atoms with Crippen molar-refractivity contribution in [2.75, 3.05) is 39.8 Å². The zero-order valence-electron chi connectivity index (χ0n) is 26.2. The van der Waals surface area contributed by atoms with E-state index >= 15 is 0 Å². The van der Waals surface area contributed by atoms with Crippen LogP contribution in [0.15, 0.2) is 78.9 Å². The first kappa shape index (κ1) is 34.2. The van der Waals surface area contributed by atoms with Crippen molar-refractivity contribution in [3.8, 4) is 11.1 Å². The van der Waals surface area contributed by atoms with Crippen molar-refractivity contribution < 1.29 is 27.5 Å². The maximum Gasteiger partial charge on any atom is 0.416 e. The topological polar surface area (TPSA) is 70.7 Å². The summed E-state index contributed by atoms with van der Waals surface area (Å²) in [7, 11) is 1.88. The number of alkyl halides is 3. The Bertz CT molecular complexity index is 1370. The van der Waals surface area contributed by atoms with Gasteiger partial charge < -0.3 is 20.3 Å². The van der Waals surface area contributed by atoms with Crippen LogP contribution in [0.2, 0.25) is 0 Å². The Morgan fingerprint density at radius 1 is 0.889 bits per heavy atom. The molecule has 1 heterocycles. The average Bonchev–Trinajstić information content (AvgIpc) is 3.04. The molecule has 0 bridgehead atoms. The summed E-state index contributed by atoms with van der Waals surface area (Å²) < 4.78 is 44.6. The van der Waals surface area contributed by atoms with Gasteiger partial charge in [-0.1, -0.05) is 67.6 Å². The maximum absolute atomic E-state index is 13.3. The molecule has 1 saturated heterocycles. The summed E-state index contributed by atoms with van der Waals surface area (Å²) in [6.45, 7) is 5.96. The average molecular weight is 624 g/mol. The van der Waals surface area contributed by atoms with Crippen LogP contribution in [-0.4, -0.2) is 62.7 Å². The summed E-state index contributed by atoms with van der Waals surface area (Å²) in [5.74, 6) is -0.394. The minimum Gasteiger partial charge on any atom is -0.466 e. The molecule has 3 aromatic rings. The highest BCUT2D eigenvalue weighted by Crippen LogP contribution is 2.34. The van der Waals surface area contributed by atoms with E-state index in [1.807, 2.05) is 25.2 Å². The number of carbonyl (C=O) groups excluding carboxylic acids is 2. The third-order valence-electron chi connectivity index (χ3n) is 8.66. The number of esters is 1. The minimum atomic E-state index is -4.41. The van der Waals surface area contributed by atoms with E-state index < -0.39 is 11.7 Å². The van der Waals surface area contributed by atoms with Crippen LogP contribution in [-0.2, 0) is 21.1 Å². The second kappa shape index (κ2) is 16.0. The minimum absolute atomic E-state index is 0.0154. The number of ether oxygens (including phenoxy) is 1. The van der Waals surface area contributed by atoms with Crippen molar-refractivity contribution in [3.63, 3.8) is 0 Å². The predicted molar refractivity (Wildman–Crippen MR) is 171 cm³/mol. The normalized spacial score (nSPS) is 15.8. The lowest BCUT2D eigenvalue weighted by molar-refractivity contribution is -0.145. The van der Waals surface area contributed by atoms with Crippen LogP contribution in [0, 0.1) is 0 Å². The van der Waals surface area contributed by atoms with Crippen LogP contribution < -0.4 is 10.6 Å². The summed E-state index contributed by atoms with van der Waals surface area (Å²) in [6, 6.07) is 22.1. The number of halogens is 3. The molecular weight excluding hydrogens is 579 g/mol. The Balaban J connectivity index is 1.28. The lowest BCUT2D eigenvalue weighted by atomic mass is 9.76. The first-order chi connectivity index (χ1) is 21.6. The van der Waals surface area contributed by atoms with E-state index in [4.69, 9.17) is 4.74 Å². The summed E-state index contributed by atoms with van der Waals surface area (Å²) in [4.78, 5) is 28.4. The van der Waals surface area contributed by atoms with Crippen molar-refractivity contribution in [1.82, 2.24) is 15.5 Å². The summed E-state index contributed by atoms with van der Waals surface area (Å²) >= 11 is 0. The standard InChI is InChI=1S/C36H44F3N3O3/c1-35(28-10-4-3-5-11-28,26-33(43)45-25-9-21-40-2)20-8-22-42-23-18-30(19-24-42)41-34(44)32-13-7-6-12-31(32)27-14-16-29(17-15-27)36(37,38)39/h3-7,10-17,30,40H,8-9,18-26H2,1-2H3,(H,41,44). The van der Waals surface area contributed by atoms with Crippen molar-refractivity contribution in [1.29, 1.82) is 0 Å². The molecule has 9 heteroatoms. The first-order valence-corrected chi connectivity index (χ1v) is 15.7. The molecule has 1 unspecified atom stereocenters. The van der Waals surface area contributed by atoms with E-state index in [9.17, 15) is 22.8 Å². The van der Waals surface area contributed by atoms with Gasteiger partial charge in [0.1, 0.15) is 0 Å². The Morgan fingerprint density at radius 3 is 2.22 bits per heavy atom. The van der Waals surface area contributed by atoms with Gasteiger partial charge in [-0.05, 0) is 87.1 Å².